The van der Waals surface area contributed by atoms with Crippen molar-refractivity contribution in [2.24, 2.45) is 0 Å². The van der Waals surface area contributed by atoms with Crippen LogP contribution in [0.2, 0.25) is 5.02 Å². The number of fused-ring (bicyclic) bond motifs is 1. The number of anilines is 1. The fraction of sp³-hybridized carbons (Fsp3) is 0.269. The molecule has 0 fully saturated rings. The number of pyridine rings is 1. The summed E-state index contributed by atoms with van der Waals surface area (Å²) in [6.07, 6.45) is 4.97. The molecule has 1 heterocycles. The lowest BCUT2D eigenvalue weighted by molar-refractivity contribution is -0.114. The molecule has 0 saturated heterocycles. The van der Waals surface area contributed by atoms with Crippen molar-refractivity contribution < 1.29 is 18.4 Å². The highest BCUT2D eigenvalue weighted by Gasteiger charge is 2.17. The first-order valence-electron chi connectivity index (χ1n) is 11.0. The van der Waals surface area contributed by atoms with Crippen LogP contribution in [0.25, 0.3) is 10.8 Å². The van der Waals surface area contributed by atoms with Crippen LogP contribution in [0, 0.1) is 11.6 Å². The van der Waals surface area contributed by atoms with Crippen molar-refractivity contribution in [2.75, 3.05) is 12.4 Å². The molecule has 0 saturated carbocycles. The molecule has 35 heavy (non-hydrogen) atoms. The topological polar surface area (TPSA) is 74.3 Å². The third-order valence-electron chi connectivity index (χ3n) is 5.23. The van der Waals surface area contributed by atoms with Crippen LogP contribution in [0.4, 0.5) is 19.4 Å². The molecular weight excluding hydrogens is 474 g/mol. The van der Waals surface area contributed by atoms with E-state index in [2.05, 4.69) is 22.2 Å². The Morgan fingerprint density at radius 1 is 1.20 bits per heavy atom. The van der Waals surface area contributed by atoms with Gasteiger partial charge in [0, 0.05) is 38.1 Å². The van der Waals surface area contributed by atoms with Crippen LogP contribution in [0.1, 0.15) is 32.3 Å². The van der Waals surface area contributed by atoms with E-state index >= 15 is 0 Å². The zero-order chi connectivity index (χ0) is 26.0. The largest absolute Gasteiger partial charge is 0.334 e. The van der Waals surface area contributed by atoms with Gasteiger partial charge in [-0.05, 0) is 54.1 Å². The molecule has 1 aromatic heterocycles. The molecule has 1 atom stereocenters. The van der Waals surface area contributed by atoms with E-state index in [0.717, 1.165) is 18.2 Å². The Morgan fingerprint density at radius 3 is 2.60 bits per heavy atom. The van der Waals surface area contributed by atoms with Crippen molar-refractivity contribution in [1.29, 1.82) is 0 Å². The second-order valence-electron chi connectivity index (χ2n) is 7.81. The summed E-state index contributed by atoms with van der Waals surface area (Å²) < 4.78 is 26.2. The number of carbonyl (C=O) groups excluding carboxylic acids is 2. The predicted octanol–water partition coefficient (Wildman–Crippen LogP) is 6.31. The van der Waals surface area contributed by atoms with Crippen LogP contribution in [0.5, 0.6) is 0 Å². The van der Waals surface area contributed by atoms with Gasteiger partial charge in [-0.3, -0.25) is 4.79 Å². The Kier molecular flexibility index (Phi) is 10.6. The number of urea groups is 1. The van der Waals surface area contributed by atoms with Gasteiger partial charge in [-0.15, -0.1) is 6.58 Å². The van der Waals surface area contributed by atoms with Crippen LogP contribution in [-0.4, -0.2) is 34.9 Å². The number of rotatable bonds is 7. The molecule has 186 valence electrons. The van der Waals surface area contributed by atoms with Gasteiger partial charge in [0.05, 0.1) is 5.02 Å². The maximum atomic E-state index is 13.3. The standard InChI is InChI=1S/C15H20ClFN2O.C11H9FN2O/c1-4-7-12(5-2)19(3)15(20)18-10-11-8-6-9-13(17)14(11)16;1-7(15)14-11-5-9-4-10(12)3-2-8(9)6-13-11/h4,6,8-9,12H,1,5,7,10H2,2-3H3,(H,18,20);2-6H,1H3,(H,13,14,15). The average Bonchev–Trinajstić information content (AvgIpc) is 2.82. The fourth-order valence-electron chi connectivity index (χ4n) is 3.30. The minimum Gasteiger partial charge on any atom is -0.334 e. The number of benzene rings is 2. The van der Waals surface area contributed by atoms with E-state index < -0.39 is 5.82 Å². The van der Waals surface area contributed by atoms with E-state index in [0.29, 0.717) is 16.8 Å². The molecular formula is C26H29ClF2N4O2. The lowest BCUT2D eigenvalue weighted by Crippen LogP contribution is -2.43. The molecule has 0 aliphatic carbocycles. The predicted molar refractivity (Wildman–Crippen MR) is 136 cm³/mol. The third-order valence-corrected chi connectivity index (χ3v) is 5.65. The molecule has 6 nitrogen and oxygen atoms in total. The van der Waals surface area contributed by atoms with Gasteiger partial charge >= 0.3 is 6.03 Å². The molecule has 1 unspecified atom stereocenters. The quantitative estimate of drug-likeness (QED) is 0.372. The lowest BCUT2D eigenvalue weighted by atomic mass is 10.1. The number of halogens is 3. The average molecular weight is 503 g/mol. The SMILES string of the molecule is C=CCC(CC)N(C)C(=O)NCc1cccc(F)c1Cl.CC(=O)Nc1cc2cc(F)ccc2cn1. The monoisotopic (exact) mass is 502 g/mol. The third kappa shape index (κ3) is 8.33. The Labute approximate surface area is 209 Å². The van der Waals surface area contributed by atoms with E-state index in [1.54, 1.807) is 48.5 Å². The van der Waals surface area contributed by atoms with Gasteiger partial charge in [0.15, 0.2) is 0 Å². The van der Waals surface area contributed by atoms with Gasteiger partial charge in [0.1, 0.15) is 17.5 Å². The molecule has 0 spiro atoms. The second kappa shape index (κ2) is 13.4. The maximum absolute atomic E-state index is 13.3. The van der Waals surface area contributed by atoms with Crippen LogP contribution >= 0.6 is 11.6 Å². The number of amides is 3. The molecule has 3 amide bonds. The van der Waals surface area contributed by atoms with Crippen molar-refractivity contribution >= 4 is 40.1 Å². The van der Waals surface area contributed by atoms with E-state index in [-0.39, 0.29) is 35.4 Å². The Bertz CT molecular complexity index is 1190. The molecule has 0 radical (unpaired) electrons. The zero-order valence-corrected chi connectivity index (χ0v) is 20.7. The summed E-state index contributed by atoms with van der Waals surface area (Å²) in [5.74, 6) is -0.550. The van der Waals surface area contributed by atoms with Gasteiger partial charge in [-0.2, -0.15) is 0 Å². The number of carbonyl (C=O) groups is 2. The van der Waals surface area contributed by atoms with Crippen molar-refractivity contribution in [2.45, 2.75) is 39.3 Å². The summed E-state index contributed by atoms with van der Waals surface area (Å²) >= 11 is 5.84. The zero-order valence-electron chi connectivity index (χ0n) is 19.9. The second-order valence-corrected chi connectivity index (χ2v) is 8.19. The molecule has 0 bridgehead atoms. The van der Waals surface area contributed by atoms with E-state index in [9.17, 15) is 18.4 Å². The number of hydrogen-bond donors (Lipinski definition) is 2. The molecule has 3 aromatic rings. The summed E-state index contributed by atoms with van der Waals surface area (Å²) in [7, 11) is 1.74. The maximum Gasteiger partial charge on any atom is 0.317 e. The molecule has 0 aliphatic heterocycles. The molecule has 0 aliphatic rings. The van der Waals surface area contributed by atoms with E-state index in [1.165, 1.54) is 25.1 Å². The summed E-state index contributed by atoms with van der Waals surface area (Å²) in [6, 6.07) is 10.5. The van der Waals surface area contributed by atoms with Crippen LogP contribution in [0.15, 0.2) is 61.3 Å². The Morgan fingerprint density at radius 2 is 1.94 bits per heavy atom. The summed E-state index contributed by atoms with van der Waals surface area (Å²) in [5, 5.41) is 6.89. The normalized spacial score (nSPS) is 11.1. The first-order valence-corrected chi connectivity index (χ1v) is 11.4. The lowest BCUT2D eigenvalue weighted by Gasteiger charge is -2.26. The molecule has 3 rings (SSSR count). The summed E-state index contributed by atoms with van der Waals surface area (Å²) in [5.41, 5.74) is 0.560. The van der Waals surface area contributed by atoms with E-state index in [1.807, 2.05) is 6.92 Å². The number of aromatic nitrogens is 1. The minimum absolute atomic E-state index is 0.0496. The molecule has 2 aromatic carbocycles. The van der Waals surface area contributed by atoms with Crippen molar-refractivity contribution in [3.05, 3.63) is 83.5 Å². The minimum atomic E-state index is -0.482. The van der Waals surface area contributed by atoms with Crippen LogP contribution in [0.3, 0.4) is 0 Å². The van der Waals surface area contributed by atoms with Gasteiger partial charge in [0.2, 0.25) is 5.91 Å². The van der Waals surface area contributed by atoms with Gasteiger partial charge in [-0.25, -0.2) is 18.6 Å². The first-order chi connectivity index (χ1) is 16.7. The van der Waals surface area contributed by atoms with Crippen LogP contribution < -0.4 is 10.6 Å². The molecule has 9 heteroatoms. The smallest absolute Gasteiger partial charge is 0.317 e. The summed E-state index contributed by atoms with van der Waals surface area (Å²) in [4.78, 5) is 28.5. The number of hydrogen-bond acceptors (Lipinski definition) is 3. The van der Waals surface area contributed by atoms with Crippen molar-refractivity contribution in [1.82, 2.24) is 15.2 Å². The van der Waals surface area contributed by atoms with Crippen molar-refractivity contribution in [3.63, 3.8) is 0 Å². The van der Waals surface area contributed by atoms with Gasteiger partial charge in [0.25, 0.3) is 0 Å². The Balaban J connectivity index is 0.000000256. The van der Waals surface area contributed by atoms with Gasteiger partial charge in [-0.1, -0.05) is 36.7 Å². The highest BCUT2D eigenvalue weighted by Crippen LogP contribution is 2.20. The number of nitrogens with one attached hydrogen (secondary N) is 2. The number of nitrogens with zero attached hydrogens (tertiary/aromatic N) is 2. The Hall–Kier alpha value is -3.52. The molecule has 2 N–H and O–H groups in total. The summed E-state index contributed by atoms with van der Waals surface area (Å²) in [6.45, 7) is 7.30. The van der Waals surface area contributed by atoms with E-state index in [4.69, 9.17) is 11.6 Å². The highest BCUT2D eigenvalue weighted by atomic mass is 35.5. The first kappa shape index (κ1) is 27.7. The van der Waals surface area contributed by atoms with Crippen LogP contribution in [-0.2, 0) is 11.3 Å². The fourth-order valence-corrected chi connectivity index (χ4v) is 3.49. The highest BCUT2D eigenvalue weighted by molar-refractivity contribution is 6.31. The van der Waals surface area contributed by atoms with Crippen molar-refractivity contribution in [3.8, 4) is 0 Å². The van der Waals surface area contributed by atoms with Gasteiger partial charge < -0.3 is 15.5 Å².